The molecule has 5 heterocycles. The van der Waals surface area contributed by atoms with E-state index in [-0.39, 0.29) is 0 Å². The molecule has 9 heteroatoms. The Morgan fingerprint density at radius 1 is 1.25 bits per heavy atom. The Balaban J connectivity index is 1.29. The van der Waals surface area contributed by atoms with Gasteiger partial charge in [-0.2, -0.15) is 10.2 Å². The van der Waals surface area contributed by atoms with Crippen molar-refractivity contribution < 1.29 is 9.52 Å². The van der Waals surface area contributed by atoms with E-state index in [2.05, 4.69) is 25.2 Å². The first-order valence-corrected chi connectivity index (χ1v) is 9.20. The molecule has 0 saturated carbocycles. The lowest BCUT2D eigenvalue weighted by Gasteiger charge is -2.26. The molecule has 144 valence electrons. The smallest absolute Gasteiger partial charge is 0.155 e. The molecule has 0 aliphatic carbocycles. The van der Waals surface area contributed by atoms with Crippen LogP contribution in [0.4, 0.5) is 0 Å². The highest BCUT2D eigenvalue weighted by atomic mass is 16.3. The standard InChI is InChI=1S/C19H21N7O2/c1-24-7-6-20-19(24)18(27)16-10-13-11-25(8-9-26(13)23-16)12-14-2-3-17(28-14)15-4-5-21-22-15/h2-7,10,18,27H,8-9,11-12H2,1H3,(H,21,22)/t18-/m1/s1. The van der Waals surface area contributed by atoms with Crippen LogP contribution in [-0.2, 0) is 26.7 Å². The average molecular weight is 379 g/mol. The van der Waals surface area contributed by atoms with Crippen molar-refractivity contribution in [3.63, 3.8) is 0 Å². The molecule has 1 atom stereocenters. The molecule has 4 aromatic heterocycles. The summed E-state index contributed by atoms with van der Waals surface area (Å²) < 4.78 is 9.72. The Hall–Kier alpha value is -3.17. The van der Waals surface area contributed by atoms with Gasteiger partial charge in [0.15, 0.2) is 11.9 Å². The van der Waals surface area contributed by atoms with Crippen LogP contribution in [0.25, 0.3) is 11.5 Å². The molecule has 0 spiro atoms. The second-order valence-corrected chi connectivity index (χ2v) is 7.03. The summed E-state index contributed by atoms with van der Waals surface area (Å²) in [6.45, 7) is 3.11. The van der Waals surface area contributed by atoms with Gasteiger partial charge in [-0.1, -0.05) is 0 Å². The van der Waals surface area contributed by atoms with E-state index in [1.54, 1.807) is 12.4 Å². The molecule has 9 nitrogen and oxygen atoms in total. The molecule has 0 fully saturated rings. The Morgan fingerprint density at radius 2 is 2.18 bits per heavy atom. The zero-order valence-corrected chi connectivity index (χ0v) is 15.5. The number of imidazole rings is 1. The number of aryl methyl sites for hydroxylation is 1. The predicted octanol–water partition coefficient (Wildman–Crippen LogP) is 1.70. The fourth-order valence-corrected chi connectivity index (χ4v) is 3.61. The van der Waals surface area contributed by atoms with Gasteiger partial charge in [-0.05, 0) is 24.3 Å². The van der Waals surface area contributed by atoms with Gasteiger partial charge in [0.2, 0.25) is 0 Å². The lowest BCUT2D eigenvalue weighted by atomic mass is 10.2. The van der Waals surface area contributed by atoms with Gasteiger partial charge in [-0.15, -0.1) is 0 Å². The van der Waals surface area contributed by atoms with Crippen molar-refractivity contribution in [3.05, 3.63) is 65.8 Å². The van der Waals surface area contributed by atoms with Crippen molar-refractivity contribution in [2.45, 2.75) is 25.7 Å². The summed E-state index contributed by atoms with van der Waals surface area (Å²) in [4.78, 5) is 6.54. The molecular formula is C19H21N7O2. The first kappa shape index (κ1) is 17.0. The molecule has 0 unspecified atom stereocenters. The van der Waals surface area contributed by atoms with Gasteiger partial charge in [-0.25, -0.2) is 4.98 Å². The summed E-state index contributed by atoms with van der Waals surface area (Å²) in [5, 5.41) is 22.1. The molecule has 0 saturated heterocycles. The number of hydrogen-bond donors (Lipinski definition) is 2. The number of H-pyrrole nitrogens is 1. The number of fused-ring (bicyclic) bond motifs is 1. The second kappa shape index (κ2) is 6.77. The highest BCUT2D eigenvalue weighted by Crippen LogP contribution is 2.25. The topological polar surface area (TPSA) is 101 Å². The van der Waals surface area contributed by atoms with Crippen molar-refractivity contribution >= 4 is 0 Å². The maximum absolute atomic E-state index is 10.6. The molecule has 0 aromatic carbocycles. The SMILES string of the molecule is Cn1ccnc1[C@H](O)c1cc2n(n1)CCN(Cc1ccc(-c3ccn[nH]3)o1)C2. The summed E-state index contributed by atoms with van der Waals surface area (Å²) in [5.74, 6) is 2.29. The van der Waals surface area contributed by atoms with E-state index in [1.165, 1.54) is 0 Å². The van der Waals surface area contributed by atoms with Gasteiger partial charge < -0.3 is 14.1 Å². The summed E-state index contributed by atoms with van der Waals surface area (Å²) in [5.41, 5.74) is 2.58. The van der Waals surface area contributed by atoms with Crippen LogP contribution >= 0.6 is 0 Å². The molecule has 4 aromatic rings. The third kappa shape index (κ3) is 3.04. The summed E-state index contributed by atoms with van der Waals surface area (Å²) in [6.07, 6.45) is 4.38. The van der Waals surface area contributed by atoms with Gasteiger partial charge in [0.05, 0.1) is 24.5 Å². The molecular weight excluding hydrogens is 358 g/mol. The maximum atomic E-state index is 10.6. The third-order valence-electron chi connectivity index (χ3n) is 5.09. The first-order chi connectivity index (χ1) is 13.7. The molecule has 0 bridgehead atoms. The quantitative estimate of drug-likeness (QED) is 0.547. The third-order valence-corrected chi connectivity index (χ3v) is 5.09. The minimum atomic E-state index is -0.825. The van der Waals surface area contributed by atoms with Crippen LogP contribution < -0.4 is 0 Å². The van der Waals surface area contributed by atoms with E-state index in [0.717, 1.165) is 49.1 Å². The number of furan rings is 1. The summed E-state index contributed by atoms with van der Waals surface area (Å²) in [7, 11) is 1.87. The minimum Gasteiger partial charge on any atom is -0.458 e. The average Bonchev–Trinajstić information content (AvgIpc) is 3.47. The van der Waals surface area contributed by atoms with E-state index in [0.29, 0.717) is 11.5 Å². The molecule has 1 aliphatic rings. The fraction of sp³-hybridized carbons (Fsp3) is 0.316. The summed E-state index contributed by atoms with van der Waals surface area (Å²) in [6, 6.07) is 7.80. The molecule has 2 N–H and O–H groups in total. The zero-order chi connectivity index (χ0) is 19.1. The molecule has 1 aliphatic heterocycles. The fourth-order valence-electron chi connectivity index (χ4n) is 3.61. The number of aliphatic hydroxyl groups is 1. The highest BCUT2D eigenvalue weighted by molar-refractivity contribution is 5.51. The van der Waals surface area contributed by atoms with Crippen molar-refractivity contribution in [3.8, 4) is 11.5 Å². The van der Waals surface area contributed by atoms with Crippen LogP contribution in [-0.4, -0.2) is 46.1 Å². The number of rotatable bonds is 5. The van der Waals surface area contributed by atoms with Crippen molar-refractivity contribution in [2.75, 3.05) is 6.54 Å². The highest BCUT2D eigenvalue weighted by Gasteiger charge is 2.24. The lowest BCUT2D eigenvalue weighted by molar-refractivity contribution is 0.187. The van der Waals surface area contributed by atoms with Gasteiger partial charge in [0.1, 0.15) is 17.3 Å². The van der Waals surface area contributed by atoms with Gasteiger partial charge in [-0.3, -0.25) is 14.7 Å². The van der Waals surface area contributed by atoms with E-state index >= 15 is 0 Å². The summed E-state index contributed by atoms with van der Waals surface area (Å²) >= 11 is 0. The maximum Gasteiger partial charge on any atom is 0.155 e. The van der Waals surface area contributed by atoms with Gasteiger partial charge in [0.25, 0.3) is 0 Å². The number of aliphatic hydroxyl groups excluding tert-OH is 1. The van der Waals surface area contributed by atoms with Crippen molar-refractivity contribution in [1.82, 2.24) is 34.4 Å². The molecule has 0 amide bonds. The van der Waals surface area contributed by atoms with Crippen molar-refractivity contribution in [2.24, 2.45) is 7.05 Å². The van der Waals surface area contributed by atoms with Crippen molar-refractivity contribution in [1.29, 1.82) is 0 Å². The largest absolute Gasteiger partial charge is 0.458 e. The molecule has 28 heavy (non-hydrogen) atoms. The van der Waals surface area contributed by atoms with Crippen LogP contribution in [0.2, 0.25) is 0 Å². The number of aromatic nitrogens is 6. The molecule has 5 rings (SSSR count). The van der Waals surface area contributed by atoms with Crippen LogP contribution in [0, 0.1) is 0 Å². The Labute approximate surface area is 161 Å². The Bertz CT molecular complexity index is 1080. The normalized spacial score (nSPS) is 15.6. The minimum absolute atomic E-state index is 0.592. The lowest BCUT2D eigenvalue weighted by Crippen LogP contribution is -2.33. The van der Waals surface area contributed by atoms with Crippen LogP contribution in [0.15, 0.2) is 47.3 Å². The number of nitrogens with zero attached hydrogens (tertiary/aromatic N) is 6. The number of hydrogen-bond acceptors (Lipinski definition) is 6. The number of nitrogens with one attached hydrogen (secondary N) is 1. The molecule has 0 radical (unpaired) electrons. The van der Waals surface area contributed by atoms with E-state index < -0.39 is 6.10 Å². The van der Waals surface area contributed by atoms with Gasteiger partial charge in [0, 0.05) is 38.7 Å². The van der Waals surface area contributed by atoms with E-state index in [9.17, 15) is 5.11 Å². The van der Waals surface area contributed by atoms with E-state index in [1.807, 2.05) is 46.8 Å². The van der Waals surface area contributed by atoms with Crippen LogP contribution in [0.1, 0.15) is 29.1 Å². The predicted molar refractivity (Wildman–Crippen MR) is 99.9 cm³/mol. The Morgan fingerprint density at radius 3 is 2.96 bits per heavy atom. The van der Waals surface area contributed by atoms with E-state index in [4.69, 9.17) is 4.42 Å². The van der Waals surface area contributed by atoms with Crippen LogP contribution in [0.5, 0.6) is 0 Å². The second-order valence-electron chi connectivity index (χ2n) is 7.03. The first-order valence-electron chi connectivity index (χ1n) is 9.20. The monoisotopic (exact) mass is 379 g/mol. The van der Waals surface area contributed by atoms with Crippen LogP contribution in [0.3, 0.4) is 0 Å². The zero-order valence-electron chi connectivity index (χ0n) is 15.5. The Kier molecular flexibility index (Phi) is 4.10. The van der Waals surface area contributed by atoms with Gasteiger partial charge >= 0.3 is 0 Å². The number of aromatic amines is 1.